The molecule has 0 bridgehead atoms. The highest BCUT2D eigenvalue weighted by Crippen LogP contribution is 2.36. The van der Waals surface area contributed by atoms with Crippen molar-refractivity contribution >= 4 is 0 Å². The average Bonchev–Trinajstić information content (AvgIpc) is 2.70. The van der Waals surface area contributed by atoms with Gasteiger partial charge in [-0.1, -0.05) is 25.0 Å². The van der Waals surface area contributed by atoms with E-state index < -0.39 is 0 Å². The third-order valence-corrected chi connectivity index (χ3v) is 5.02. The molecule has 1 N–H and O–H groups in total. The molecule has 0 amide bonds. The molecule has 116 valence electrons. The standard InChI is InChI=1S/C18H27FN2/c19-17-7-5-6-15(12-17)16-13-18(14-16)20-8-11-21-9-3-1-2-4-10-21/h5-7,12,16,18,20H,1-4,8-11,13-14H2. The Kier molecular flexibility index (Phi) is 5.26. The van der Waals surface area contributed by atoms with Gasteiger partial charge in [0.25, 0.3) is 0 Å². The Balaban J connectivity index is 1.33. The maximum absolute atomic E-state index is 13.2. The van der Waals surface area contributed by atoms with Gasteiger partial charge in [-0.2, -0.15) is 0 Å². The van der Waals surface area contributed by atoms with Gasteiger partial charge in [0.15, 0.2) is 0 Å². The minimum atomic E-state index is -0.106. The molecule has 0 aromatic heterocycles. The Morgan fingerprint density at radius 1 is 1.10 bits per heavy atom. The van der Waals surface area contributed by atoms with Crippen LogP contribution in [-0.4, -0.2) is 37.1 Å². The van der Waals surface area contributed by atoms with Crippen LogP contribution in [-0.2, 0) is 0 Å². The molecule has 1 saturated heterocycles. The van der Waals surface area contributed by atoms with E-state index in [4.69, 9.17) is 0 Å². The highest BCUT2D eigenvalue weighted by Gasteiger charge is 2.29. The maximum atomic E-state index is 13.2. The molecular formula is C18H27FN2. The van der Waals surface area contributed by atoms with Crippen LogP contribution in [0.1, 0.15) is 50.0 Å². The van der Waals surface area contributed by atoms with E-state index in [0.717, 1.165) is 19.4 Å². The topological polar surface area (TPSA) is 15.3 Å². The zero-order valence-electron chi connectivity index (χ0n) is 12.9. The summed E-state index contributed by atoms with van der Waals surface area (Å²) in [4.78, 5) is 2.60. The number of hydrogen-bond donors (Lipinski definition) is 1. The first-order valence-electron chi connectivity index (χ1n) is 8.52. The fourth-order valence-electron chi connectivity index (χ4n) is 3.60. The van der Waals surface area contributed by atoms with Crippen LogP contribution in [0.15, 0.2) is 24.3 Å². The Labute approximate surface area is 127 Å². The van der Waals surface area contributed by atoms with E-state index in [1.807, 2.05) is 6.07 Å². The first kappa shape index (κ1) is 15.0. The third kappa shape index (κ3) is 4.27. The van der Waals surface area contributed by atoms with Crippen LogP contribution in [0.3, 0.4) is 0 Å². The Morgan fingerprint density at radius 3 is 2.57 bits per heavy atom. The Hall–Kier alpha value is -0.930. The largest absolute Gasteiger partial charge is 0.313 e. The second kappa shape index (κ2) is 7.37. The van der Waals surface area contributed by atoms with Crippen molar-refractivity contribution in [3.8, 4) is 0 Å². The summed E-state index contributed by atoms with van der Waals surface area (Å²) in [6.45, 7) is 4.83. The summed E-state index contributed by atoms with van der Waals surface area (Å²) in [6, 6.07) is 7.73. The van der Waals surface area contributed by atoms with Gasteiger partial charge >= 0.3 is 0 Å². The van der Waals surface area contributed by atoms with E-state index in [9.17, 15) is 4.39 Å². The van der Waals surface area contributed by atoms with Crippen LogP contribution in [0.25, 0.3) is 0 Å². The van der Waals surface area contributed by atoms with Crippen LogP contribution in [0, 0.1) is 5.82 Å². The van der Waals surface area contributed by atoms with Crippen molar-refractivity contribution < 1.29 is 4.39 Å². The van der Waals surface area contributed by atoms with Crippen molar-refractivity contribution in [1.29, 1.82) is 0 Å². The van der Waals surface area contributed by atoms with Crippen LogP contribution >= 0.6 is 0 Å². The molecule has 3 rings (SSSR count). The van der Waals surface area contributed by atoms with Gasteiger partial charge in [-0.3, -0.25) is 0 Å². The molecule has 1 saturated carbocycles. The van der Waals surface area contributed by atoms with Gasteiger partial charge in [-0.25, -0.2) is 4.39 Å². The second-order valence-electron chi connectivity index (χ2n) is 6.63. The number of likely N-dealkylation sites (tertiary alicyclic amines) is 1. The Morgan fingerprint density at radius 2 is 1.86 bits per heavy atom. The SMILES string of the molecule is Fc1cccc(C2CC(NCCN3CCCCCC3)C2)c1. The molecule has 2 fully saturated rings. The molecule has 1 aliphatic carbocycles. The molecule has 0 atom stereocenters. The number of rotatable bonds is 5. The summed E-state index contributed by atoms with van der Waals surface area (Å²) < 4.78 is 13.2. The fraction of sp³-hybridized carbons (Fsp3) is 0.667. The van der Waals surface area contributed by atoms with Crippen molar-refractivity contribution in [3.63, 3.8) is 0 Å². The lowest BCUT2D eigenvalue weighted by Gasteiger charge is -2.37. The minimum Gasteiger partial charge on any atom is -0.313 e. The first-order chi connectivity index (χ1) is 10.3. The highest BCUT2D eigenvalue weighted by atomic mass is 19.1. The van der Waals surface area contributed by atoms with Gasteiger partial charge in [0.2, 0.25) is 0 Å². The molecule has 1 heterocycles. The predicted octanol–water partition coefficient (Wildman–Crippen LogP) is 3.54. The summed E-state index contributed by atoms with van der Waals surface area (Å²) in [5, 5.41) is 3.67. The van der Waals surface area contributed by atoms with Gasteiger partial charge in [0, 0.05) is 19.1 Å². The van der Waals surface area contributed by atoms with Crippen molar-refractivity contribution in [2.24, 2.45) is 0 Å². The van der Waals surface area contributed by atoms with Crippen LogP contribution in [0.2, 0.25) is 0 Å². The summed E-state index contributed by atoms with van der Waals surface area (Å²) >= 11 is 0. The van der Waals surface area contributed by atoms with E-state index in [0.29, 0.717) is 12.0 Å². The quantitative estimate of drug-likeness (QED) is 0.892. The zero-order valence-corrected chi connectivity index (χ0v) is 12.9. The van der Waals surface area contributed by atoms with Crippen LogP contribution < -0.4 is 5.32 Å². The van der Waals surface area contributed by atoms with Crippen molar-refractivity contribution in [2.45, 2.75) is 50.5 Å². The summed E-state index contributed by atoms with van der Waals surface area (Å²) in [5.41, 5.74) is 1.17. The molecule has 0 unspecified atom stereocenters. The normalized spacial score (nSPS) is 27.1. The smallest absolute Gasteiger partial charge is 0.123 e. The van der Waals surface area contributed by atoms with Crippen molar-refractivity contribution in [2.75, 3.05) is 26.2 Å². The maximum Gasteiger partial charge on any atom is 0.123 e. The van der Waals surface area contributed by atoms with Gasteiger partial charge in [-0.05, 0) is 62.4 Å². The molecule has 21 heavy (non-hydrogen) atoms. The molecular weight excluding hydrogens is 263 g/mol. The number of nitrogens with zero attached hydrogens (tertiary/aromatic N) is 1. The number of hydrogen-bond acceptors (Lipinski definition) is 2. The number of halogens is 1. The van der Waals surface area contributed by atoms with E-state index in [1.54, 1.807) is 6.07 Å². The number of nitrogens with one attached hydrogen (secondary N) is 1. The summed E-state index contributed by atoms with van der Waals surface area (Å²) in [6.07, 6.45) is 7.85. The lowest BCUT2D eigenvalue weighted by atomic mass is 9.76. The van der Waals surface area contributed by atoms with Gasteiger partial charge in [0.05, 0.1) is 0 Å². The summed E-state index contributed by atoms with van der Waals surface area (Å²) in [7, 11) is 0. The third-order valence-electron chi connectivity index (χ3n) is 5.02. The molecule has 3 heteroatoms. The van der Waals surface area contributed by atoms with E-state index in [1.165, 1.54) is 56.9 Å². The van der Waals surface area contributed by atoms with Crippen molar-refractivity contribution in [3.05, 3.63) is 35.6 Å². The number of benzene rings is 1. The highest BCUT2D eigenvalue weighted by molar-refractivity contribution is 5.23. The molecule has 1 aromatic carbocycles. The van der Waals surface area contributed by atoms with E-state index >= 15 is 0 Å². The van der Waals surface area contributed by atoms with E-state index in [-0.39, 0.29) is 5.82 Å². The van der Waals surface area contributed by atoms with Gasteiger partial charge in [-0.15, -0.1) is 0 Å². The fourth-order valence-corrected chi connectivity index (χ4v) is 3.60. The van der Waals surface area contributed by atoms with Crippen molar-refractivity contribution in [1.82, 2.24) is 10.2 Å². The Bertz CT molecular complexity index is 435. The van der Waals surface area contributed by atoms with E-state index in [2.05, 4.69) is 16.3 Å². The lowest BCUT2D eigenvalue weighted by molar-refractivity contribution is 0.248. The molecule has 0 radical (unpaired) electrons. The van der Waals surface area contributed by atoms with Gasteiger partial charge in [0.1, 0.15) is 5.82 Å². The zero-order chi connectivity index (χ0) is 14.5. The van der Waals surface area contributed by atoms with Gasteiger partial charge < -0.3 is 10.2 Å². The predicted molar refractivity (Wildman–Crippen MR) is 85.1 cm³/mol. The van der Waals surface area contributed by atoms with Crippen LogP contribution in [0.4, 0.5) is 4.39 Å². The van der Waals surface area contributed by atoms with Crippen LogP contribution in [0.5, 0.6) is 0 Å². The molecule has 2 nitrogen and oxygen atoms in total. The molecule has 1 aliphatic heterocycles. The minimum absolute atomic E-state index is 0.106. The monoisotopic (exact) mass is 290 g/mol. The lowest BCUT2D eigenvalue weighted by Crippen LogP contribution is -2.43. The molecule has 2 aliphatic rings. The molecule has 0 spiro atoms. The summed E-state index contributed by atoms with van der Waals surface area (Å²) in [5.74, 6) is 0.446. The first-order valence-corrected chi connectivity index (χ1v) is 8.52. The second-order valence-corrected chi connectivity index (χ2v) is 6.63. The molecule has 1 aromatic rings. The average molecular weight is 290 g/mol.